The molecule has 0 saturated carbocycles. The van der Waals surface area contributed by atoms with Crippen LogP contribution in [0.2, 0.25) is 0 Å². The summed E-state index contributed by atoms with van der Waals surface area (Å²) in [7, 11) is 1.83. The van der Waals surface area contributed by atoms with Crippen LogP contribution in [0, 0.1) is 0 Å². The van der Waals surface area contributed by atoms with E-state index >= 15 is 0 Å². The van der Waals surface area contributed by atoms with E-state index in [1.807, 2.05) is 25.2 Å². The lowest BCUT2D eigenvalue weighted by Gasteiger charge is -2.03. The van der Waals surface area contributed by atoms with Gasteiger partial charge >= 0.3 is 0 Å². The van der Waals surface area contributed by atoms with Crippen molar-refractivity contribution in [2.75, 3.05) is 12.4 Å². The Hall–Kier alpha value is -1.07. The van der Waals surface area contributed by atoms with Crippen LogP contribution in [0.1, 0.15) is 0 Å². The van der Waals surface area contributed by atoms with Crippen molar-refractivity contribution in [2.24, 2.45) is 0 Å². The summed E-state index contributed by atoms with van der Waals surface area (Å²) in [6, 6.07) is 8.10. The third kappa shape index (κ3) is 2.96. The zero-order chi connectivity index (χ0) is 11.4. The first-order valence-electron chi connectivity index (χ1n) is 4.71. The average Bonchev–Trinajstić information content (AvgIpc) is 2.29. The largest absolute Gasteiger partial charge is 0.372 e. The number of nitrogens with one attached hydrogen (secondary N) is 1. The lowest BCUT2D eigenvalue weighted by Crippen LogP contribution is -1.93. The molecule has 5 heteroatoms. The number of hydrogen-bond donors (Lipinski definition) is 1. The minimum atomic E-state index is 0.778. The highest BCUT2D eigenvalue weighted by Gasteiger charge is 2.01. The van der Waals surface area contributed by atoms with E-state index in [0.29, 0.717) is 0 Å². The smallest absolute Gasteiger partial charge is 0.145 e. The summed E-state index contributed by atoms with van der Waals surface area (Å²) in [6.07, 6.45) is 3.46. The van der Waals surface area contributed by atoms with Crippen molar-refractivity contribution < 1.29 is 0 Å². The summed E-state index contributed by atoms with van der Waals surface area (Å²) in [5.41, 5.74) is 0. The first kappa shape index (κ1) is 11.4. The second kappa shape index (κ2) is 5.32. The Balaban J connectivity index is 2.20. The molecule has 0 aliphatic carbocycles. The molecule has 0 spiro atoms. The van der Waals surface area contributed by atoms with Crippen molar-refractivity contribution in [2.45, 2.75) is 9.92 Å². The van der Waals surface area contributed by atoms with Crippen LogP contribution in [-0.4, -0.2) is 17.0 Å². The molecule has 82 valence electrons. The van der Waals surface area contributed by atoms with E-state index in [0.717, 1.165) is 20.2 Å². The highest BCUT2D eigenvalue weighted by Crippen LogP contribution is 2.28. The number of aromatic nitrogens is 2. The minimum Gasteiger partial charge on any atom is -0.372 e. The molecule has 0 atom stereocenters. The number of nitrogens with zero attached hydrogens (tertiary/aromatic N) is 2. The molecule has 0 aliphatic heterocycles. The fraction of sp³-hybridized carbons (Fsp3) is 0.0909. The number of benzene rings is 1. The van der Waals surface area contributed by atoms with Crippen LogP contribution in [0.5, 0.6) is 0 Å². The van der Waals surface area contributed by atoms with Crippen LogP contribution in [0.3, 0.4) is 0 Å². The molecule has 0 bridgehead atoms. The Labute approximate surface area is 107 Å². The lowest BCUT2D eigenvalue weighted by molar-refractivity contribution is 1.05. The van der Waals surface area contributed by atoms with Gasteiger partial charge in [-0.2, -0.15) is 0 Å². The summed E-state index contributed by atoms with van der Waals surface area (Å²) in [5.74, 6) is 0.778. The second-order valence-electron chi connectivity index (χ2n) is 3.05. The van der Waals surface area contributed by atoms with Crippen molar-refractivity contribution in [3.05, 3.63) is 41.1 Å². The molecule has 0 aliphatic rings. The van der Waals surface area contributed by atoms with Crippen molar-refractivity contribution in [1.29, 1.82) is 0 Å². The van der Waals surface area contributed by atoms with Gasteiger partial charge < -0.3 is 5.32 Å². The summed E-state index contributed by atoms with van der Waals surface area (Å²) in [4.78, 5) is 9.64. The lowest BCUT2D eigenvalue weighted by atomic mass is 10.4. The van der Waals surface area contributed by atoms with Gasteiger partial charge in [-0.3, -0.25) is 4.98 Å². The molecule has 1 N–H and O–H groups in total. The molecule has 2 rings (SSSR count). The summed E-state index contributed by atoms with van der Waals surface area (Å²) >= 11 is 5.03. The van der Waals surface area contributed by atoms with Crippen LogP contribution < -0.4 is 5.32 Å². The van der Waals surface area contributed by atoms with Gasteiger partial charge in [-0.25, -0.2) is 4.98 Å². The second-order valence-corrected chi connectivity index (χ2v) is 5.06. The summed E-state index contributed by atoms with van der Waals surface area (Å²) in [5, 5.41) is 3.85. The molecule has 1 aromatic heterocycles. The van der Waals surface area contributed by atoms with Crippen molar-refractivity contribution in [1.82, 2.24) is 9.97 Å². The van der Waals surface area contributed by atoms with Gasteiger partial charge in [-0.1, -0.05) is 33.8 Å². The Bertz CT molecular complexity index is 490. The highest BCUT2D eigenvalue weighted by atomic mass is 79.9. The topological polar surface area (TPSA) is 37.8 Å². The predicted octanol–water partition coefficient (Wildman–Crippen LogP) is 3.43. The molecule has 0 fully saturated rings. The van der Waals surface area contributed by atoms with E-state index in [1.54, 1.807) is 24.2 Å². The van der Waals surface area contributed by atoms with Gasteiger partial charge in [0.2, 0.25) is 0 Å². The fourth-order valence-electron chi connectivity index (χ4n) is 1.17. The van der Waals surface area contributed by atoms with Gasteiger partial charge in [0.15, 0.2) is 0 Å². The Morgan fingerprint density at radius 2 is 2.19 bits per heavy atom. The van der Waals surface area contributed by atoms with Crippen molar-refractivity contribution >= 4 is 33.5 Å². The average molecular weight is 296 g/mol. The molecular weight excluding hydrogens is 286 g/mol. The predicted molar refractivity (Wildman–Crippen MR) is 69.8 cm³/mol. The Morgan fingerprint density at radius 1 is 1.31 bits per heavy atom. The fourth-order valence-corrected chi connectivity index (χ4v) is 2.55. The number of anilines is 1. The maximum atomic E-state index is 4.39. The quantitative estimate of drug-likeness (QED) is 0.941. The third-order valence-electron chi connectivity index (χ3n) is 1.89. The van der Waals surface area contributed by atoms with Gasteiger partial charge in [0.05, 0.1) is 12.4 Å². The summed E-state index contributed by atoms with van der Waals surface area (Å²) in [6.45, 7) is 0. The third-order valence-corrected chi connectivity index (χ3v) is 3.28. The monoisotopic (exact) mass is 295 g/mol. The van der Waals surface area contributed by atoms with Crippen molar-refractivity contribution in [3.63, 3.8) is 0 Å². The molecule has 0 saturated heterocycles. The van der Waals surface area contributed by atoms with Crippen LogP contribution >= 0.6 is 27.7 Å². The van der Waals surface area contributed by atoms with E-state index in [-0.39, 0.29) is 0 Å². The van der Waals surface area contributed by atoms with Crippen LogP contribution in [0.15, 0.2) is 51.1 Å². The molecule has 0 unspecified atom stereocenters. The molecule has 16 heavy (non-hydrogen) atoms. The van der Waals surface area contributed by atoms with E-state index in [1.165, 1.54) is 0 Å². The van der Waals surface area contributed by atoms with Gasteiger partial charge in [-0.15, -0.1) is 0 Å². The van der Waals surface area contributed by atoms with Crippen LogP contribution in [0.4, 0.5) is 5.82 Å². The van der Waals surface area contributed by atoms with Gasteiger partial charge in [0.25, 0.3) is 0 Å². The zero-order valence-electron chi connectivity index (χ0n) is 8.64. The van der Waals surface area contributed by atoms with Crippen LogP contribution in [-0.2, 0) is 0 Å². The number of rotatable bonds is 3. The van der Waals surface area contributed by atoms with Gasteiger partial charge in [0, 0.05) is 16.4 Å². The van der Waals surface area contributed by atoms with E-state index in [4.69, 9.17) is 0 Å². The molecule has 1 heterocycles. The van der Waals surface area contributed by atoms with E-state index < -0.39 is 0 Å². The Kier molecular flexibility index (Phi) is 3.79. The highest BCUT2D eigenvalue weighted by molar-refractivity contribution is 9.10. The molecule has 0 amide bonds. The molecule has 0 radical (unpaired) electrons. The molecule has 3 nitrogen and oxygen atoms in total. The van der Waals surface area contributed by atoms with Gasteiger partial charge in [0.1, 0.15) is 10.8 Å². The normalized spacial score (nSPS) is 10.1. The number of halogens is 1. The number of hydrogen-bond acceptors (Lipinski definition) is 4. The minimum absolute atomic E-state index is 0.778. The van der Waals surface area contributed by atoms with Crippen LogP contribution in [0.25, 0.3) is 0 Å². The molecular formula is C11H10BrN3S. The molecule has 2 aromatic rings. The van der Waals surface area contributed by atoms with Gasteiger partial charge in [-0.05, 0) is 18.2 Å². The first-order chi connectivity index (χ1) is 7.78. The Morgan fingerprint density at radius 3 is 2.94 bits per heavy atom. The standard InChI is InChI=1S/C11H10BrN3S/c1-13-10-6-14-7-11(15-10)16-9-4-2-3-8(12)5-9/h2-7H,1H3,(H,13,15). The maximum absolute atomic E-state index is 4.39. The van der Waals surface area contributed by atoms with E-state index in [9.17, 15) is 0 Å². The first-order valence-corrected chi connectivity index (χ1v) is 6.32. The summed E-state index contributed by atoms with van der Waals surface area (Å²) < 4.78 is 1.07. The SMILES string of the molecule is CNc1cncc(Sc2cccc(Br)c2)n1. The maximum Gasteiger partial charge on any atom is 0.145 e. The zero-order valence-corrected chi connectivity index (χ0v) is 11.0. The van der Waals surface area contributed by atoms with E-state index in [2.05, 4.69) is 37.3 Å². The molecule has 1 aromatic carbocycles. The van der Waals surface area contributed by atoms with Crippen molar-refractivity contribution in [3.8, 4) is 0 Å².